The molecule has 3 aromatic rings. The van der Waals surface area contributed by atoms with Gasteiger partial charge in [0.1, 0.15) is 11.1 Å². The Hall–Kier alpha value is -3.40. The van der Waals surface area contributed by atoms with Gasteiger partial charge < -0.3 is 23.9 Å². The number of rotatable bonds is 9. The van der Waals surface area contributed by atoms with Crippen LogP contribution in [0, 0.1) is 0 Å². The molecule has 0 unspecified atom stereocenters. The average molecular weight is 515 g/mol. The second kappa shape index (κ2) is 11.6. The molecule has 1 fully saturated rings. The molecule has 1 saturated heterocycles. The molecule has 0 radical (unpaired) electrons. The van der Waals surface area contributed by atoms with Gasteiger partial charge in [-0.1, -0.05) is 11.6 Å². The van der Waals surface area contributed by atoms with Crippen LogP contribution in [0.1, 0.15) is 32.9 Å². The lowest BCUT2D eigenvalue weighted by Crippen LogP contribution is -2.38. The Morgan fingerprint density at radius 3 is 2.53 bits per heavy atom. The van der Waals surface area contributed by atoms with Gasteiger partial charge in [-0.05, 0) is 49.4 Å². The lowest BCUT2D eigenvalue weighted by molar-refractivity contribution is 0.0374. The molecule has 0 aliphatic carbocycles. The smallest absolute Gasteiger partial charge is 0.287 e. The summed E-state index contributed by atoms with van der Waals surface area (Å²) in [6.45, 7) is 4.23. The summed E-state index contributed by atoms with van der Waals surface area (Å²) in [5.74, 6) is -0.934. The molecule has 4 rings (SSSR count). The Kier molecular flexibility index (Phi) is 8.25. The van der Waals surface area contributed by atoms with Gasteiger partial charge in [-0.15, -0.1) is 0 Å². The Balaban J connectivity index is 1.66. The van der Waals surface area contributed by atoms with Crippen LogP contribution >= 0.6 is 11.6 Å². The van der Waals surface area contributed by atoms with Gasteiger partial charge in [-0.3, -0.25) is 19.3 Å². The van der Waals surface area contributed by atoms with Gasteiger partial charge in [0.2, 0.25) is 17.0 Å². The third-order valence-corrected chi connectivity index (χ3v) is 6.21. The number of ketones is 1. The van der Waals surface area contributed by atoms with Gasteiger partial charge in [0, 0.05) is 30.2 Å². The monoisotopic (exact) mass is 514 g/mol. The maximum Gasteiger partial charge on any atom is 0.287 e. The minimum Gasteiger partial charge on any atom is -0.493 e. The fourth-order valence-electron chi connectivity index (χ4n) is 4.06. The summed E-state index contributed by atoms with van der Waals surface area (Å²) in [6.07, 6.45) is 0.693. The number of nitrogens with one attached hydrogen (secondary N) is 1. The van der Waals surface area contributed by atoms with Crippen molar-refractivity contribution in [3.8, 4) is 11.5 Å². The molecule has 1 aromatic heterocycles. The second-order valence-electron chi connectivity index (χ2n) is 8.24. The number of hydrogen-bond acceptors (Lipinski definition) is 8. The molecular formula is C26H27ClN2O7. The molecule has 2 aromatic carbocycles. The number of nitrogens with zero attached hydrogens (tertiary/aromatic N) is 1. The summed E-state index contributed by atoms with van der Waals surface area (Å²) in [6, 6.07) is 8.96. The highest BCUT2D eigenvalue weighted by molar-refractivity contribution is 6.31. The molecule has 0 saturated carbocycles. The van der Waals surface area contributed by atoms with Crippen molar-refractivity contribution in [2.75, 3.05) is 53.6 Å². The Bertz CT molecular complexity index is 1330. The summed E-state index contributed by atoms with van der Waals surface area (Å²) >= 11 is 6.08. The second-order valence-corrected chi connectivity index (χ2v) is 8.67. The normalized spacial score (nSPS) is 14.0. The number of halogens is 1. The maximum atomic E-state index is 13.5. The zero-order chi connectivity index (χ0) is 25.7. The molecule has 1 aliphatic heterocycles. The maximum absolute atomic E-state index is 13.5. The molecule has 10 heteroatoms. The minimum absolute atomic E-state index is 0.107. The fraction of sp³-hybridized carbons (Fsp3) is 0.346. The third-order valence-electron chi connectivity index (χ3n) is 5.97. The number of fused-ring (bicyclic) bond motifs is 1. The van der Waals surface area contributed by atoms with Crippen LogP contribution in [0.15, 0.2) is 45.6 Å². The molecule has 0 spiro atoms. The lowest BCUT2D eigenvalue weighted by Gasteiger charge is -2.26. The Labute approximate surface area is 212 Å². The van der Waals surface area contributed by atoms with Crippen LogP contribution in [0.25, 0.3) is 11.0 Å². The molecule has 9 nitrogen and oxygen atoms in total. The first-order chi connectivity index (χ1) is 17.4. The first kappa shape index (κ1) is 25.7. The Morgan fingerprint density at radius 1 is 1.06 bits per heavy atom. The van der Waals surface area contributed by atoms with Crippen molar-refractivity contribution in [1.29, 1.82) is 0 Å². The van der Waals surface area contributed by atoms with Crippen molar-refractivity contribution in [1.82, 2.24) is 10.2 Å². The van der Waals surface area contributed by atoms with Crippen LogP contribution in [-0.4, -0.2) is 70.2 Å². The van der Waals surface area contributed by atoms with Crippen molar-refractivity contribution in [2.24, 2.45) is 0 Å². The van der Waals surface area contributed by atoms with E-state index in [0.29, 0.717) is 42.7 Å². The van der Waals surface area contributed by atoms with Crippen LogP contribution in [0.2, 0.25) is 5.02 Å². The number of amides is 1. The van der Waals surface area contributed by atoms with E-state index in [-0.39, 0.29) is 27.9 Å². The van der Waals surface area contributed by atoms with Gasteiger partial charge in [-0.25, -0.2) is 0 Å². The van der Waals surface area contributed by atoms with Crippen LogP contribution in [0.4, 0.5) is 0 Å². The van der Waals surface area contributed by atoms with E-state index >= 15 is 0 Å². The molecule has 0 bridgehead atoms. The molecule has 1 N–H and O–H groups in total. The summed E-state index contributed by atoms with van der Waals surface area (Å²) < 4.78 is 21.7. The van der Waals surface area contributed by atoms with E-state index in [0.717, 1.165) is 19.6 Å². The van der Waals surface area contributed by atoms with E-state index in [1.165, 1.54) is 38.5 Å². The molecular weight excluding hydrogens is 488 g/mol. The predicted molar refractivity (Wildman–Crippen MR) is 135 cm³/mol. The van der Waals surface area contributed by atoms with Gasteiger partial charge in [0.25, 0.3) is 5.91 Å². The van der Waals surface area contributed by atoms with E-state index in [1.807, 2.05) is 0 Å². The topological polar surface area (TPSA) is 107 Å². The Morgan fingerprint density at radius 2 is 1.81 bits per heavy atom. The lowest BCUT2D eigenvalue weighted by atomic mass is 9.99. The van der Waals surface area contributed by atoms with Crippen molar-refractivity contribution in [3.05, 3.63) is 68.5 Å². The number of carbonyl (C=O) groups excluding carboxylic acids is 2. The fourth-order valence-corrected chi connectivity index (χ4v) is 4.24. The predicted octanol–water partition coefficient (Wildman–Crippen LogP) is 3.15. The van der Waals surface area contributed by atoms with Gasteiger partial charge in [0.05, 0.1) is 32.8 Å². The van der Waals surface area contributed by atoms with Crippen molar-refractivity contribution >= 4 is 34.3 Å². The van der Waals surface area contributed by atoms with E-state index in [4.69, 9.17) is 30.2 Å². The van der Waals surface area contributed by atoms with E-state index in [2.05, 4.69) is 10.2 Å². The molecule has 2 heterocycles. The minimum atomic E-state index is -0.676. The van der Waals surface area contributed by atoms with Crippen LogP contribution in [0.3, 0.4) is 0 Å². The number of methoxy groups -OCH3 is 2. The van der Waals surface area contributed by atoms with Crippen LogP contribution in [0.5, 0.6) is 11.5 Å². The van der Waals surface area contributed by atoms with Crippen LogP contribution < -0.4 is 20.2 Å². The molecule has 1 amide bonds. The number of morpholine rings is 1. The highest BCUT2D eigenvalue weighted by atomic mass is 35.5. The molecule has 190 valence electrons. The first-order valence-corrected chi connectivity index (χ1v) is 11.9. The highest BCUT2D eigenvalue weighted by Gasteiger charge is 2.27. The highest BCUT2D eigenvalue weighted by Crippen LogP contribution is 2.29. The SMILES string of the molecule is COc1ccc(C(=O)c2c(C(=O)NCCCN3CCOCC3)oc3ccc(Cl)cc3c2=O)cc1OC. The molecule has 0 atom stereocenters. The summed E-state index contributed by atoms with van der Waals surface area (Å²) in [5, 5.41) is 3.19. The zero-order valence-electron chi connectivity index (χ0n) is 20.1. The van der Waals surface area contributed by atoms with Gasteiger partial charge in [0.15, 0.2) is 11.5 Å². The van der Waals surface area contributed by atoms with Crippen molar-refractivity contribution in [3.63, 3.8) is 0 Å². The number of carbonyl (C=O) groups is 2. The molecule has 1 aliphatic rings. The van der Waals surface area contributed by atoms with Gasteiger partial charge in [-0.2, -0.15) is 0 Å². The molecule has 36 heavy (non-hydrogen) atoms. The van der Waals surface area contributed by atoms with E-state index < -0.39 is 17.1 Å². The number of hydrogen-bond donors (Lipinski definition) is 1. The van der Waals surface area contributed by atoms with Gasteiger partial charge >= 0.3 is 0 Å². The largest absolute Gasteiger partial charge is 0.493 e. The summed E-state index contributed by atoms with van der Waals surface area (Å²) in [7, 11) is 2.91. The van der Waals surface area contributed by atoms with Crippen molar-refractivity contribution < 1.29 is 28.2 Å². The quantitative estimate of drug-likeness (QED) is 0.343. The number of ether oxygens (including phenoxy) is 3. The average Bonchev–Trinajstić information content (AvgIpc) is 2.91. The zero-order valence-corrected chi connectivity index (χ0v) is 20.9. The number of benzene rings is 2. The summed E-state index contributed by atoms with van der Waals surface area (Å²) in [4.78, 5) is 42.4. The standard InChI is InChI=1S/C26H27ClN2O7/c1-33-20-6-4-16(14-21(20)34-2)23(30)22-24(31)18-15-17(27)5-7-19(18)36-25(22)26(32)28-8-3-9-29-10-12-35-13-11-29/h4-7,14-15H,3,8-13H2,1-2H3,(H,28,32). The first-order valence-electron chi connectivity index (χ1n) is 11.5. The van der Waals surface area contributed by atoms with Crippen LogP contribution in [-0.2, 0) is 4.74 Å². The van der Waals surface area contributed by atoms with E-state index in [1.54, 1.807) is 12.1 Å². The van der Waals surface area contributed by atoms with E-state index in [9.17, 15) is 14.4 Å². The third kappa shape index (κ3) is 5.53. The van der Waals surface area contributed by atoms with Crippen molar-refractivity contribution in [2.45, 2.75) is 6.42 Å². The summed E-state index contributed by atoms with van der Waals surface area (Å²) in [5.41, 5.74) is -0.714.